The Kier molecular flexibility index (Phi) is 5.65. The molecule has 4 nitrogen and oxygen atoms in total. The molecular weight excluding hydrogens is 368 g/mol. The van der Waals surface area contributed by atoms with Gasteiger partial charge < -0.3 is 19.8 Å². The number of hydrogen-bond acceptors (Lipinski definition) is 4. The fourth-order valence-corrected chi connectivity index (χ4v) is 4.38. The molecule has 1 atom stereocenters. The van der Waals surface area contributed by atoms with Crippen LogP contribution in [0, 0.1) is 0 Å². The van der Waals surface area contributed by atoms with Gasteiger partial charge in [-0.05, 0) is 40.1 Å². The average Bonchev–Trinajstić information content (AvgIpc) is 3.40. The van der Waals surface area contributed by atoms with Crippen molar-refractivity contribution in [3.8, 4) is 11.5 Å². The third kappa shape index (κ3) is 3.63. The zero-order chi connectivity index (χ0) is 19.3. The molecule has 0 amide bonds. The Bertz CT molecular complexity index is 1040. The highest BCUT2D eigenvalue weighted by Gasteiger charge is 2.23. The van der Waals surface area contributed by atoms with Crippen molar-refractivity contribution in [2.24, 2.45) is 0 Å². The number of thiophene rings is 1. The van der Waals surface area contributed by atoms with Crippen molar-refractivity contribution < 1.29 is 9.47 Å². The molecule has 5 heteroatoms. The number of H-pyrrole nitrogens is 1. The lowest BCUT2D eigenvalue weighted by Crippen LogP contribution is -2.22. The highest BCUT2D eigenvalue weighted by atomic mass is 32.1. The molecule has 2 heterocycles. The average molecular weight is 393 g/mol. The first kappa shape index (κ1) is 18.6. The maximum Gasteiger partial charge on any atom is 0.164 e. The molecule has 0 saturated carbocycles. The van der Waals surface area contributed by atoms with E-state index in [2.05, 4.69) is 63.7 Å². The Morgan fingerprint density at radius 1 is 1.00 bits per heavy atom. The number of aromatic nitrogens is 1. The summed E-state index contributed by atoms with van der Waals surface area (Å²) in [5.74, 6) is 1.67. The standard InChI is InChI=1S/C23H24N2O2S/c1-26-22-9-5-7-18(23(22)27-2)19(13-24-12-16-10-11-28-15-16)20-14-25-21-8-4-3-6-17(20)21/h3-11,14-15,19,24-25H,12-13H2,1-2H3. The molecule has 4 rings (SSSR count). The van der Waals surface area contributed by atoms with Gasteiger partial charge in [-0.25, -0.2) is 0 Å². The summed E-state index contributed by atoms with van der Waals surface area (Å²) in [5, 5.41) is 9.15. The van der Waals surface area contributed by atoms with Gasteiger partial charge in [-0.2, -0.15) is 11.3 Å². The van der Waals surface area contributed by atoms with Gasteiger partial charge in [-0.3, -0.25) is 0 Å². The maximum atomic E-state index is 5.75. The second kappa shape index (κ2) is 8.50. The predicted molar refractivity (Wildman–Crippen MR) is 116 cm³/mol. The number of para-hydroxylation sites is 2. The van der Waals surface area contributed by atoms with E-state index in [9.17, 15) is 0 Å². The van der Waals surface area contributed by atoms with Gasteiger partial charge in [0.15, 0.2) is 11.5 Å². The zero-order valence-electron chi connectivity index (χ0n) is 16.1. The van der Waals surface area contributed by atoms with Crippen LogP contribution >= 0.6 is 11.3 Å². The fourth-order valence-electron chi connectivity index (χ4n) is 3.71. The first-order valence-corrected chi connectivity index (χ1v) is 10.2. The minimum atomic E-state index is 0.125. The molecule has 144 valence electrons. The Morgan fingerprint density at radius 2 is 1.89 bits per heavy atom. The van der Waals surface area contributed by atoms with Crippen molar-refractivity contribution in [1.82, 2.24) is 10.3 Å². The van der Waals surface area contributed by atoms with E-state index in [1.54, 1.807) is 25.6 Å². The molecule has 0 bridgehead atoms. The number of nitrogens with one attached hydrogen (secondary N) is 2. The molecule has 2 N–H and O–H groups in total. The minimum Gasteiger partial charge on any atom is -0.493 e. The SMILES string of the molecule is COc1cccc(C(CNCc2ccsc2)c2c[nH]c3ccccc23)c1OC. The van der Waals surface area contributed by atoms with Crippen LogP contribution < -0.4 is 14.8 Å². The minimum absolute atomic E-state index is 0.125. The topological polar surface area (TPSA) is 46.3 Å². The largest absolute Gasteiger partial charge is 0.493 e. The maximum absolute atomic E-state index is 5.75. The fraction of sp³-hybridized carbons (Fsp3) is 0.217. The smallest absolute Gasteiger partial charge is 0.164 e. The first-order valence-electron chi connectivity index (χ1n) is 9.30. The number of hydrogen-bond donors (Lipinski definition) is 2. The van der Waals surface area contributed by atoms with Gasteiger partial charge in [0.25, 0.3) is 0 Å². The Labute approximate surface area is 169 Å². The van der Waals surface area contributed by atoms with E-state index in [-0.39, 0.29) is 5.92 Å². The van der Waals surface area contributed by atoms with E-state index in [1.165, 1.54) is 16.5 Å². The Morgan fingerprint density at radius 3 is 2.68 bits per heavy atom. The lowest BCUT2D eigenvalue weighted by molar-refractivity contribution is 0.350. The summed E-state index contributed by atoms with van der Waals surface area (Å²) in [6.45, 7) is 1.63. The first-order chi connectivity index (χ1) is 13.8. The van der Waals surface area contributed by atoms with Crippen molar-refractivity contribution in [3.05, 3.63) is 82.2 Å². The zero-order valence-corrected chi connectivity index (χ0v) is 16.9. The molecule has 2 aromatic carbocycles. The third-order valence-electron chi connectivity index (χ3n) is 5.06. The summed E-state index contributed by atoms with van der Waals surface area (Å²) in [7, 11) is 3.38. The number of methoxy groups -OCH3 is 2. The van der Waals surface area contributed by atoms with E-state index in [4.69, 9.17) is 9.47 Å². The van der Waals surface area contributed by atoms with Gasteiger partial charge in [0.1, 0.15) is 0 Å². The number of ether oxygens (including phenoxy) is 2. The molecule has 0 aliphatic carbocycles. The van der Waals surface area contributed by atoms with Crippen LogP contribution in [0.15, 0.2) is 65.5 Å². The molecule has 4 aromatic rings. The third-order valence-corrected chi connectivity index (χ3v) is 5.80. The second-order valence-electron chi connectivity index (χ2n) is 6.69. The highest BCUT2D eigenvalue weighted by molar-refractivity contribution is 7.07. The van der Waals surface area contributed by atoms with Gasteiger partial charge in [0, 0.05) is 41.7 Å². The summed E-state index contributed by atoms with van der Waals surface area (Å²) in [5.41, 5.74) is 4.81. The molecular formula is C23H24N2O2S. The van der Waals surface area contributed by atoms with Crippen LogP contribution in [0.3, 0.4) is 0 Å². The number of aromatic amines is 1. The summed E-state index contributed by atoms with van der Waals surface area (Å²) in [4.78, 5) is 3.41. The van der Waals surface area contributed by atoms with Gasteiger partial charge in [-0.15, -0.1) is 0 Å². The van der Waals surface area contributed by atoms with Crippen LogP contribution in [0.5, 0.6) is 11.5 Å². The summed E-state index contributed by atoms with van der Waals surface area (Å²) < 4.78 is 11.3. The summed E-state index contributed by atoms with van der Waals surface area (Å²) in [6.07, 6.45) is 2.11. The summed E-state index contributed by atoms with van der Waals surface area (Å²) >= 11 is 1.72. The highest BCUT2D eigenvalue weighted by Crippen LogP contribution is 2.40. The molecule has 0 aliphatic heterocycles. The molecule has 2 aromatic heterocycles. The quantitative estimate of drug-likeness (QED) is 0.435. The van der Waals surface area contributed by atoms with Crippen LogP contribution in [0.1, 0.15) is 22.6 Å². The Hall–Kier alpha value is -2.76. The van der Waals surface area contributed by atoms with E-state index in [0.29, 0.717) is 0 Å². The van der Waals surface area contributed by atoms with Crippen LogP contribution in [0.4, 0.5) is 0 Å². The van der Waals surface area contributed by atoms with E-state index < -0.39 is 0 Å². The van der Waals surface area contributed by atoms with Crippen LogP contribution in [-0.4, -0.2) is 25.7 Å². The Balaban J connectivity index is 1.73. The second-order valence-corrected chi connectivity index (χ2v) is 7.47. The predicted octanol–water partition coefficient (Wildman–Crippen LogP) is 5.17. The lowest BCUT2D eigenvalue weighted by Gasteiger charge is -2.22. The molecule has 0 aliphatic rings. The lowest BCUT2D eigenvalue weighted by atomic mass is 9.89. The van der Waals surface area contributed by atoms with Gasteiger partial charge >= 0.3 is 0 Å². The van der Waals surface area contributed by atoms with Crippen LogP contribution in [0.2, 0.25) is 0 Å². The van der Waals surface area contributed by atoms with E-state index in [0.717, 1.165) is 35.7 Å². The van der Waals surface area contributed by atoms with Crippen LogP contribution in [-0.2, 0) is 6.54 Å². The van der Waals surface area contributed by atoms with E-state index in [1.807, 2.05) is 12.1 Å². The van der Waals surface area contributed by atoms with Crippen LogP contribution in [0.25, 0.3) is 10.9 Å². The van der Waals surface area contributed by atoms with Crippen molar-refractivity contribution in [3.63, 3.8) is 0 Å². The molecule has 1 unspecified atom stereocenters. The molecule has 0 spiro atoms. The summed E-state index contributed by atoms with van der Waals surface area (Å²) in [6, 6.07) is 16.7. The number of fused-ring (bicyclic) bond motifs is 1. The van der Waals surface area contributed by atoms with Crippen molar-refractivity contribution in [2.45, 2.75) is 12.5 Å². The monoisotopic (exact) mass is 392 g/mol. The number of benzene rings is 2. The van der Waals surface area contributed by atoms with E-state index >= 15 is 0 Å². The van der Waals surface area contributed by atoms with Gasteiger partial charge in [0.05, 0.1) is 14.2 Å². The molecule has 0 saturated heterocycles. The van der Waals surface area contributed by atoms with Crippen molar-refractivity contribution in [2.75, 3.05) is 20.8 Å². The normalized spacial score (nSPS) is 12.2. The van der Waals surface area contributed by atoms with Gasteiger partial charge in [-0.1, -0.05) is 30.3 Å². The molecule has 0 fully saturated rings. The van der Waals surface area contributed by atoms with Crippen molar-refractivity contribution >= 4 is 22.2 Å². The number of rotatable bonds is 8. The van der Waals surface area contributed by atoms with Crippen molar-refractivity contribution in [1.29, 1.82) is 0 Å². The molecule has 0 radical (unpaired) electrons. The molecule has 28 heavy (non-hydrogen) atoms. The van der Waals surface area contributed by atoms with Gasteiger partial charge in [0.2, 0.25) is 0 Å².